The Morgan fingerprint density at radius 3 is 2.52 bits per heavy atom. The molecule has 0 unspecified atom stereocenters. The lowest BCUT2D eigenvalue weighted by Gasteiger charge is -2.12. The lowest BCUT2D eigenvalue weighted by molar-refractivity contribution is -0.383. The van der Waals surface area contributed by atoms with Crippen molar-refractivity contribution in [3.63, 3.8) is 0 Å². The summed E-state index contributed by atoms with van der Waals surface area (Å²) in [5, 5.41) is 13.2. The van der Waals surface area contributed by atoms with Crippen molar-refractivity contribution in [2.75, 3.05) is 5.32 Å². The van der Waals surface area contributed by atoms with Gasteiger partial charge in [-0.05, 0) is 26.8 Å². The Kier molecular flexibility index (Phi) is 5.59. The highest BCUT2D eigenvalue weighted by Crippen LogP contribution is 2.23. The molecule has 1 amide bonds. The van der Waals surface area contributed by atoms with Crippen molar-refractivity contribution in [2.24, 2.45) is 0 Å². The second kappa shape index (κ2) is 7.18. The third-order valence-electron chi connectivity index (χ3n) is 2.43. The van der Waals surface area contributed by atoms with Crippen molar-refractivity contribution in [3.05, 3.63) is 46.0 Å². The second-order valence-corrected chi connectivity index (χ2v) is 4.56. The van der Waals surface area contributed by atoms with Crippen LogP contribution < -0.4 is 5.32 Å². The second-order valence-electron chi connectivity index (χ2n) is 4.56. The summed E-state index contributed by atoms with van der Waals surface area (Å²) in [6.07, 6.45) is 0.197. The Hall–Kier alpha value is -2.70. The molecule has 1 aromatic rings. The molecule has 1 N–H and O–H groups in total. The first-order valence-electron chi connectivity index (χ1n) is 6.21. The number of hydrogen-bond donors (Lipinski definition) is 1. The number of para-hydroxylation sites is 2. The van der Waals surface area contributed by atoms with Crippen LogP contribution in [0.3, 0.4) is 0 Å². The smallest absolute Gasteiger partial charge is 0.331 e. The van der Waals surface area contributed by atoms with E-state index in [9.17, 15) is 19.7 Å². The monoisotopic (exact) mass is 292 g/mol. The molecular formula is C14H16N2O5. The zero-order valence-corrected chi connectivity index (χ0v) is 12.0. The maximum Gasteiger partial charge on any atom is 0.331 e. The topological polar surface area (TPSA) is 98.5 Å². The van der Waals surface area contributed by atoms with Crippen molar-refractivity contribution in [1.29, 1.82) is 0 Å². The average molecular weight is 292 g/mol. The molecule has 1 rings (SSSR count). The highest BCUT2D eigenvalue weighted by molar-refractivity contribution is 5.97. The third-order valence-corrected chi connectivity index (χ3v) is 2.43. The first-order valence-corrected chi connectivity index (χ1v) is 6.21. The van der Waals surface area contributed by atoms with E-state index in [0.29, 0.717) is 0 Å². The quantitative estimate of drug-likeness (QED) is 0.389. The maximum atomic E-state index is 11.9. The van der Waals surface area contributed by atoms with E-state index < -0.39 is 22.9 Å². The highest BCUT2D eigenvalue weighted by Gasteiger charge is 2.20. The van der Waals surface area contributed by atoms with Gasteiger partial charge in [-0.15, -0.1) is 0 Å². The molecule has 0 aromatic heterocycles. The summed E-state index contributed by atoms with van der Waals surface area (Å²) in [6.45, 7) is 4.83. The van der Waals surface area contributed by atoms with E-state index >= 15 is 0 Å². The van der Waals surface area contributed by atoms with Crippen molar-refractivity contribution in [1.82, 2.24) is 0 Å². The van der Waals surface area contributed by atoms with E-state index in [1.165, 1.54) is 31.2 Å². The number of nitro benzene ring substituents is 1. The van der Waals surface area contributed by atoms with Crippen LogP contribution in [0, 0.1) is 10.1 Å². The number of hydrogen-bond acceptors (Lipinski definition) is 5. The molecule has 1 aromatic carbocycles. The van der Waals surface area contributed by atoms with E-state index in [1.807, 2.05) is 0 Å². The minimum atomic E-state index is -1.06. The summed E-state index contributed by atoms with van der Waals surface area (Å²) in [5.74, 6) is -1.28. The SMILES string of the molecule is CC(C)=CC(=O)O[C@H](C)C(=O)Nc1ccccc1[N+](=O)[O-]. The van der Waals surface area contributed by atoms with E-state index in [1.54, 1.807) is 19.9 Å². The molecule has 7 heteroatoms. The fraction of sp³-hybridized carbons (Fsp3) is 0.286. The Morgan fingerprint density at radius 2 is 1.95 bits per heavy atom. The standard InChI is InChI=1S/C14H16N2O5/c1-9(2)8-13(17)21-10(3)14(18)15-11-6-4-5-7-12(11)16(19)20/h4-8,10H,1-3H3,(H,15,18)/t10-/m1/s1. The number of nitrogens with one attached hydrogen (secondary N) is 1. The van der Waals surface area contributed by atoms with Gasteiger partial charge in [-0.3, -0.25) is 14.9 Å². The van der Waals surface area contributed by atoms with Crippen molar-refractivity contribution in [3.8, 4) is 0 Å². The molecule has 0 aliphatic carbocycles. The van der Waals surface area contributed by atoms with Gasteiger partial charge in [-0.1, -0.05) is 17.7 Å². The van der Waals surface area contributed by atoms with Gasteiger partial charge < -0.3 is 10.1 Å². The fourth-order valence-electron chi connectivity index (χ4n) is 1.47. The molecular weight excluding hydrogens is 276 g/mol. The molecule has 112 valence electrons. The van der Waals surface area contributed by atoms with E-state index in [4.69, 9.17) is 4.74 Å². The number of carbonyl (C=O) groups is 2. The first-order chi connectivity index (χ1) is 9.81. The van der Waals surface area contributed by atoms with Crippen LogP contribution in [0.4, 0.5) is 11.4 Å². The van der Waals surface area contributed by atoms with Crippen LogP contribution >= 0.6 is 0 Å². The van der Waals surface area contributed by atoms with Crippen LogP contribution in [0.15, 0.2) is 35.9 Å². The number of allylic oxidation sites excluding steroid dienone is 1. The number of ether oxygens (including phenoxy) is 1. The molecule has 0 radical (unpaired) electrons. The summed E-state index contributed by atoms with van der Waals surface area (Å²) in [5.41, 5.74) is 0.567. The normalized spacial score (nSPS) is 11.2. The summed E-state index contributed by atoms with van der Waals surface area (Å²) in [4.78, 5) is 33.5. The highest BCUT2D eigenvalue weighted by atomic mass is 16.6. The van der Waals surface area contributed by atoms with Gasteiger partial charge in [-0.2, -0.15) is 0 Å². The molecule has 0 heterocycles. The molecule has 0 aliphatic heterocycles. The zero-order chi connectivity index (χ0) is 16.0. The molecule has 0 fully saturated rings. The zero-order valence-electron chi connectivity index (χ0n) is 12.0. The molecule has 7 nitrogen and oxygen atoms in total. The minimum Gasteiger partial charge on any atom is -0.449 e. The van der Waals surface area contributed by atoms with E-state index in [2.05, 4.69) is 5.32 Å². The molecule has 0 spiro atoms. The predicted octanol–water partition coefficient (Wildman–Crippen LogP) is 2.43. The minimum absolute atomic E-state index is 0.0533. The van der Waals surface area contributed by atoms with Crippen molar-refractivity contribution >= 4 is 23.3 Å². The lowest BCUT2D eigenvalue weighted by atomic mass is 10.2. The van der Waals surface area contributed by atoms with Gasteiger partial charge in [0.2, 0.25) is 0 Å². The average Bonchev–Trinajstić information content (AvgIpc) is 2.37. The number of amides is 1. The van der Waals surface area contributed by atoms with Crippen LogP contribution in [-0.2, 0) is 14.3 Å². The number of carbonyl (C=O) groups excluding carboxylic acids is 2. The van der Waals surface area contributed by atoms with Gasteiger partial charge in [-0.25, -0.2) is 4.79 Å². The lowest BCUT2D eigenvalue weighted by Crippen LogP contribution is -2.29. The van der Waals surface area contributed by atoms with Crippen LogP contribution in [0.1, 0.15) is 20.8 Å². The van der Waals surface area contributed by atoms with Gasteiger partial charge in [0.1, 0.15) is 5.69 Å². The van der Waals surface area contributed by atoms with E-state index in [-0.39, 0.29) is 11.4 Å². The third kappa shape index (κ3) is 5.06. The molecule has 21 heavy (non-hydrogen) atoms. The largest absolute Gasteiger partial charge is 0.449 e. The predicted molar refractivity (Wildman–Crippen MR) is 76.7 cm³/mol. The van der Waals surface area contributed by atoms with Crippen molar-refractivity contribution < 1.29 is 19.2 Å². The molecule has 0 saturated carbocycles. The van der Waals surface area contributed by atoms with Crippen LogP contribution in [-0.4, -0.2) is 22.9 Å². The number of benzene rings is 1. The van der Waals surface area contributed by atoms with Crippen LogP contribution in [0.2, 0.25) is 0 Å². The Balaban J connectivity index is 2.75. The van der Waals surface area contributed by atoms with Crippen molar-refractivity contribution in [2.45, 2.75) is 26.9 Å². The molecule has 0 aliphatic rings. The Bertz CT molecular complexity index is 591. The number of rotatable bonds is 5. The number of esters is 1. The molecule has 0 saturated heterocycles. The van der Waals surface area contributed by atoms with Crippen LogP contribution in [0.25, 0.3) is 0 Å². The van der Waals surface area contributed by atoms with Gasteiger partial charge in [0.05, 0.1) is 4.92 Å². The number of nitrogens with zero attached hydrogens (tertiary/aromatic N) is 1. The number of anilines is 1. The summed E-state index contributed by atoms with van der Waals surface area (Å²) in [7, 11) is 0. The summed E-state index contributed by atoms with van der Waals surface area (Å²) >= 11 is 0. The van der Waals surface area contributed by atoms with E-state index in [0.717, 1.165) is 5.57 Å². The maximum absolute atomic E-state index is 11.9. The number of nitro groups is 1. The summed E-state index contributed by atoms with van der Waals surface area (Å²) in [6, 6.07) is 5.73. The van der Waals surface area contributed by atoms with Gasteiger partial charge >= 0.3 is 5.97 Å². The summed E-state index contributed by atoms with van der Waals surface area (Å²) < 4.78 is 4.90. The van der Waals surface area contributed by atoms with Gasteiger partial charge in [0.25, 0.3) is 11.6 Å². The van der Waals surface area contributed by atoms with Gasteiger partial charge in [0.15, 0.2) is 6.10 Å². The van der Waals surface area contributed by atoms with Gasteiger partial charge in [0, 0.05) is 12.1 Å². The van der Waals surface area contributed by atoms with Crippen LogP contribution in [0.5, 0.6) is 0 Å². The molecule has 0 bridgehead atoms. The Labute approximate surface area is 121 Å². The fourth-order valence-corrected chi connectivity index (χ4v) is 1.47. The molecule has 1 atom stereocenters. The first kappa shape index (κ1) is 16.4. The Morgan fingerprint density at radius 1 is 1.33 bits per heavy atom.